The van der Waals surface area contributed by atoms with Crippen molar-refractivity contribution in [2.45, 2.75) is 9.79 Å². The van der Waals surface area contributed by atoms with E-state index in [0.717, 1.165) is 44.2 Å². The molecule has 0 saturated heterocycles. The van der Waals surface area contributed by atoms with Crippen LogP contribution >= 0.6 is 11.8 Å². The first kappa shape index (κ1) is 18.4. The van der Waals surface area contributed by atoms with Crippen molar-refractivity contribution >= 4 is 29.4 Å². The number of carbonyl (C=O) groups excluding carboxylic acids is 2. The zero-order valence-corrected chi connectivity index (χ0v) is 14.0. The molecule has 7 nitrogen and oxygen atoms in total. The Balaban J connectivity index is 2.52. The lowest BCUT2D eigenvalue weighted by Crippen LogP contribution is -2.06. The number of hydrogen-bond donors (Lipinski definition) is 0. The van der Waals surface area contributed by atoms with E-state index in [2.05, 4.69) is 9.47 Å². The maximum atomic E-state index is 13.4. The van der Waals surface area contributed by atoms with Gasteiger partial charge in [-0.05, 0) is 24.3 Å². The van der Waals surface area contributed by atoms with Gasteiger partial charge in [-0.2, -0.15) is 0 Å². The number of benzene rings is 2. The molecule has 0 bridgehead atoms. The molecule has 0 radical (unpaired) electrons. The van der Waals surface area contributed by atoms with Crippen molar-refractivity contribution in [1.29, 1.82) is 0 Å². The predicted molar refractivity (Wildman–Crippen MR) is 86.3 cm³/mol. The van der Waals surface area contributed by atoms with Crippen LogP contribution in [0.2, 0.25) is 0 Å². The van der Waals surface area contributed by atoms with Crippen molar-refractivity contribution in [3.8, 4) is 0 Å². The Morgan fingerprint density at radius 2 is 1.52 bits per heavy atom. The quantitative estimate of drug-likeness (QED) is 0.455. The van der Waals surface area contributed by atoms with Gasteiger partial charge in [0.2, 0.25) is 0 Å². The maximum Gasteiger partial charge on any atom is 0.339 e. The minimum atomic E-state index is -0.770. The maximum absolute atomic E-state index is 13.4. The lowest BCUT2D eigenvalue weighted by molar-refractivity contribution is -0.384. The number of esters is 2. The Morgan fingerprint density at radius 1 is 1.00 bits per heavy atom. The van der Waals surface area contributed by atoms with E-state index in [1.54, 1.807) is 0 Å². The largest absolute Gasteiger partial charge is 0.465 e. The molecule has 0 aliphatic carbocycles. The van der Waals surface area contributed by atoms with E-state index in [-0.39, 0.29) is 16.8 Å². The Labute approximate surface area is 145 Å². The van der Waals surface area contributed by atoms with Crippen LogP contribution in [0.3, 0.4) is 0 Å². The van der Waals surface area contributed by atoms with Crippen molar-refractivity contribution < 1.29 is 28.4 Å². The van der Waals surface area contributed by atoms with Gasteiger partial charge in [0.15, 0.2) is 0 Å². The summed E-state index contributed by atoms with van der Waals surface area (Å²) in [5.41, 5.74) is -0.347. The van der Waals surface area contributed by atoms with Crippen LogP contribution in [0.5, 0.6) is 0 Å². The number of ether oxygens (including phenoxy) is 2. The molecule has 0 heterocycles. The van der Waals surface area contributed by atoms with Crippen LogP contribution in [0, 0.1) is 15.9 Å². The standard InChI is InChI=1S/C16H12FNO6S/c1-23-15(19)11-7-9(17)3-5-13(11)25-14-6-4-10(18(21)22)8-12(14)16(20)24-2/h3-8H,1-2H3. The zero-order chi connectivity index (χ0) is 18.6. The Morgan fingerprint density at radius 3 is 2.04 bits per heavy atom. The molecule has 0 unspecified atom stereocenters. The molecule has 0 aromatic heterocycles. The van der Waals surface area contributed by atoms with Gasteiger partial charge in [-0.25, -0.2) is 14.0 Å². The number of nitrogens with zero attached hydrogens (tertiary/aromatic N) is 1. The first-order valence-electron chi connectivity index (χ1n) is 6.80. The molecule has 130 valence electrons. The first-order chi connectivity index (χ1) is 11.9. The van der Waals surface area contributed by atoms with Crippen LogP contribution in [0.4, 0.5) is 10.1 Å². The third-order valence-corrected chi connectivity index (χ3v) is 4.30. The van der Waals surface area contributed by atoms with Gasteiger partial charge >= 0.3 is 11.9 Å². The Bertz CT molecular complexity index is 855. The van der Waals surface area contributed by atoms with Crippen molar-refractivity contribution in [3.05, 3.63) is 63.5 Å². The van der Waals surface area contributed by atoms with Crippen molar-refractivity contribution in [2.75, 3.05) is 14.2 Å². The average Bonchev–Trinajstić information content (AvgIpc) is 2.61. The first-order valence-corrected chi connectivity index (χ1v) is 7.61. The lowest BCUT2D eigenvalue weighted by atomic mass is 10.2. The van der Waals surface area contributed by atoms with Crippen molar-refractivity contribution in [2.24, 2.45) is 0 Å². The third kappa shape index (κ3) is 4.13. The van der Waals surface area contributed by atoms with Gasteiger partial charge in [0.1, 0.15) is 5.82 Å². The number of nitro benzene ring substituents is 1. The molecule has 2 rings (SSSR count). The summed E-state index contributed by atoms with van der Waals surface area (Å²) in [4.78, 5) is 34.6. The van der Waals surface area contributed by atoms with E-state index in [1.165, 1.54) is 18.2 Å². The summed E-state index contributed by atoms with van der Waals surface area (Å²) >= 11 is 0.966. The molecule has 0 atom stereocenters. The minimum Gasteiger partial charge on any atom is -0.465 e. The van der Waals surface area contributed by atoms with Gasteiger partial charge < -0.3 is 9.47 Å². The number of nitro groups is 1. The highest BCUT2D eigenvalue weighted by Crippen LogP contribution is 2.35. The van der Waals surface area contributed by atoms with Crippen LogP contribution in [0.15, 0.2) is 46.2 Å². The van der Waals surface area contributed by atoms with E-state index in [0.29, 0.717) is 9.79 Å². The number of halogens is 1. The van der Waals surface area contributed by atoms with E-state index in [4.69, 9.17) is 0 Å². The van der Waals surface area contributed by atoms with Gasteiger partial charge in [0.05, 0.1) is 30.3 Å². The molecule has 2 aromatic rings. The van der Waals surface area contributed by atoms with Crippen LogP contribution in [0.1, 0.15) is 20.7 Å². The molecule has 0 aliphatic rings. The predicted octanol–water partition coefficient (Wildman–Crippen LogP) is 3.46. The van der Waals surface area contributed by atoms with Crippen LogP contribution < -0.4 is 0 Å². The SMILES string of the molecule is COC(=O)c1cc(F)ccc1Sc1ccc([N+](=O)[O-])cc1C(=O)OC. The highest BCUT2D eigenvalue weighted by Gasteiger charge is 2.21. The Kier molecular flexibility index (Phi) is 5.71. The molecule has 0 fully saturated rings. The minimum absolute atomic E-state index is 0.0262. The zero-order valence-electron chi connectivity index (χ0n) is 13.1. The second-order valence-corrected chi connectivity index (χ2v) is 5.75. The summed E-state index contributed by atoms with van der Waals surface area (Å²) in [7, 11) is 2.31. The molecule has 0 amide bonds. The van der Waals surface area contributed by atoms with Gasteiger partial charge in [-0.15, -0.1) is 0 Å². The number of hydrogen-bond acceptors (Lipinski definition) is 7. The second kappa shape index (κ2) is 7.75. The fraction of sp³-hybridized carbons (Fsp3) is 0.125. The molecule has 0 aliphatic heterocycles. The van der Waals surface area contributed by atoms with Crippen LogP contribution in [0.25, 0.3) is 0 Å². The van der Waals surface area contributed by atoms with Crippen LogP contribution in [-0.2, 0) is 9.47 Å². The summed E-state index contributed by atoms with van der Waals surface area (Å²) in [6, 6.07) is 7.18. The van der Waals surface area contributed by atoms with Crippen molar-refractivity contribution in [1.82, 2.24) is 0 Å². The number of carbonyl (C=O) groups is 2. The molecule has 2 aromatic carbocycles. The molecule has 9 heteroatoms. The summed E-state index contributed by atoms with van der Waals surface area (Å²) in [5, 5.41) is 10.9. The smallest absolute Gasteiger partial charge is 0.339 e. The molecule has 0 saturated carbocycles. The highest BCUT2D eigenvalue weighted by atomic mass is 32.2. The third-order valence-electron chi connectivity index (χ3n) is 3.15. The van der Waals surface area contributed by atoms with Gasteiger partial charge in [0, 0.05) is 21.9 Å². The van der Waals surface area contributed by atoms with Gasteiger partial charge in [0.25, 0.3) is 5.69 Å². The fourth-order valence-corrected chi connectivity index (χ4v) is 2.98. The van der Waals surface area contributed by atoms with Crippen molar-refractivity contribution in [3.63, 3.8) is 0 Å². The van der Waals surface area contributed by atoms with Gasteiger partial charge in [-0.3, -0.25) is 10.1 Å². The molecular weight excluding hydrogens is 353 g/mol. The topological polar surface area (TPSA) is 95.7 Å². The highest BCUT2D eigenvalue weighted by molar-refractivity contribution is 7.99. The van der Waals surface area contributed by atoms with Gasteiger partial charge in [-0.1, -0.05) is 11.8 Å². The average molecular weight is 365 g/mol. The number of rotatable bonds is 5. The normalized spacial score (nSPS) is 10.2. The second-order valence-electron chi connectivity index (χ2n) is 4.66. The molecular formula is C16H12FNO6S. The molecule has 25 heavy (non-hydrogen) atoms. The Hall–Kier alpha value is -2.94. The number of non-ortho nitro benzene ring substituents is 1. The van der Waals surface area contributed by atoms with E-state index in [9.17, 15) is 24.1 Å². The van der Waals surface area contributed by atoms with E-state index >= 15 is 0 Å². The van der Waals surface area contributed by atoms with E-state index < -0.39 is 22.7 Å². The summed E-state index contributed by atoms with van der Waals surface area (Å²) in [5.74, 6) is -2.14. The monoisotopic (exact) mass is 365 g/mol. The summed E-state index contributed by atoms with van der Waals surface area (Å²) < 4.78 is 22.7. The fourth-order valence-electron chi connectivity index (χ4n) is 1.97. The van der Waals surface area contributed by atoms with E-state index in [1.807, 2.05) is 0 Å². The summed E-state index contributed by atoms with van der Waals surface area (Å²) in [6.07, 6.45) is 0. The number of methoxy groups -OCH3 is 2. The van der Waals surface area contributed by atoms with Crippen LogP contribution in [-0.4, -0.2) is 31.1 Å². The summed E-state index contributed by atoms with van der Waals surface area (Å²) in [6.45, 7) is 0. The lowest BCUT2D eigenvalue weighted by Gasteiger charge is -2.10. The molecule has 0 N–H and O–H groups in total. The molecule has 0 spiro atoms.